The van der Waals surface area contributed by atoms with Crippen molar-refractivity contribution < 1.29 is 22.4 Å². The predicted octanol–water partition coefficient (Wildman–Crippen LogP) is 3.96. The van der Waals surface area contributed by atoms with Crippen molar-refractivity contribution in [1.82, 2.24) is 5.32 Å². The minimum absolute atomic E-state index is 0.0194. The Balaban J connectivity index is 1.67. The Morgan fingerprint density at radius 3 is 2.34 bits per heavy atom. The number of hydrogen-bond donors (Lipinski definition) is 3. The number of carbonyl (C=O) groups excluding carboxylic acids is 2. The lowest BCUT2D eigenvalue weighted by Crippen LogP contribution is -2.32. The van der Waals surface area contributed by atoms with Crippen molar-refractivity contribution in [3.63, 3.8) is 0 Å². The average molecular weight is 476 g/mol. The van der Waals surface area contributed by atoms with Gasteiger partial charge in [-0.1, -0.05) is 23.7 Å². The molecule has 0 aromatic heterocycles. The van der Waals surface area contributed by atoms with E-state index in [0.717, 1.165) is 6.07 Å². The monoisotopic (exact) mass is 475 g/mol. The zero-order valence-electron chi connectivity index (χ0n) is 16.9. The summed E-state index contributed by atoms with van der Waals surface area (Å²) in [6.07, 6.45) is 0. The van der Waals surface area contributed by atoms with Crippen LogP contribution in [0.4, 0.5) is 15.8 Å². The second-order valence-corrected chi connectivity index (χ2v) is 8.92. The lowest BCUT2D eigenvalue weighted by molar-refractivity contribution is -0.115. The van der Waals surface area contributed by atoms with Crippen molar-refractivity contribution in [2.75, 3.05) is 16.6 Å². The van der Waals surface area contributed by atoms with E-state index in [1.54, 1.807) is 31.2 Å². The van der Waals surface area contributed by atoms with Crippen molar-refractivity contribution in [1.29, 1.82) is 0 Å². The number of carbonyl (C=O) groups is 2. The van der Waals surface area contributed by atoms with Gasteiger partial charge in [-0.25, -0.2) is 12.8 Å². The number of rotatable bonds is 7. The molecule has 3 N–H and O–H groups in total. The van der Waals surface area contributed by atoms with Crippen LogP contribution in [0.5, 0.6) is 0 Å². The average Bonchev–Trinajstić information content (AvgIpc) is 2.75. The van der Waals surface area contributed by atoms with E-state index in [-0.39, 0.29) is 22.7 Å². The maximum Gasteiger partial charge on any atom is 0.262 e. The second-order valence-electron chi connectivity index (χ2n) is 6.83. The van der Waals surface area contributed by atoms with Crippen LogP contribution in [0.2, 0.25) is 5.02 Å². The molecular formula is C22H19ClFN3O4S. The summed E-state index contributed by atoms with van der Waals surface area (Å²) < 4.78 is 41.3. The van der Waals surface area contributed by atoms with Crippen LogP contribution in [0, 0.1) is 12.7 Å². The molecule has 166 valence electrons. The van der Waals surface area contributed by atoms with E-state index in [4.69, 9.17) is 11.6 Å². The van der Waals surface area contributed by atoms with Gasteiger partial charge in [0.1, 0.15) is 5.82 Å². The number of anilines is 2. The molecule has 0 spiro atoms. The molecule has 0 unspecified atom stereocenters. The quantitative estimate of drug-likeness (QED) is 0.481. The summed E-state index contributed by atoms with van der Waals surface area (Å²) in [6, 6.07) is 15.6. The predicted molar refractivity (Wildman–Crippen MR) is 121 cm³/mol. The first-order chi connectivity index (χ1) is 15.1. The highest BCUT2D eigenvalue weighted by molar-refractivity contribution is 7.92. The highest BCUT2D eigenvalue weighted by atomic mass is 35.5. The molecule has 0 atom stereocenters. The van der Waals surface area contributed by atoms with Gasteiger partial charge in [-0.2, -0.15) is 0 Å². The molecule has 7 nitrogen and oxygen atoms in total. The summed E-state index contributed by atoms with van der Waals surface area (Å²) in [5, 5.41) is 5.39. The Hall–Kier alpha value is -3.43. The largest absolute Gasteiger partial charge is 0.343 e. The number of benzene rings is 3. The summed E-state index contributed by atoms with van der Waals surface area (Å²) in [5.41, 5.74) is 1.12. The number of sulfonamides is 1. The van der Waals surface area contributed by atoms with Crippen molar-refractivity contribution in [2.24, 2.45) is 0 Å². The Morgan fingerprint density at radius 2 is 1.66 bits per heavy atom. The summed E-state index contributed by atoms with van der Waals surface area (Å²) in [5.74, 6) is -1.76. The highest BCUT2D eigenvalue weighted by Crippen LogP contribution is 2.23. The summed E-state index contributed by atoms with van der Waals surface area (Å²) in [6.45, 7) is 1.25. The summed E-state index contributed by atoms with van der Waals surface area (Å²) in [4.78, 5) is 24.2. The van der Waals surface area contributed by atoms with Crippen molar-refractivity contribution in [3.05, 3.63) is 88.7 Å². The zero-order valence-corrected chi connectivity index (χ0v) is 18.4. The molecule has 2 amide bonds. The molecule has 3 aromatic rings. The van der Waals surface area contributed by atoms with E-state index in [0.29, 0.717) is 16.3 Å². The van der Waals surface area contributed by atoms with Gasteiger partial charge in [0, 0.05) is 22.0 Å². The SMILES string of the molecule is Cc1ccc(NC(=O)CNC(=O)c2cccc(F)c2)cc1S(=O)(=O)Nc1ccc(Cl)cc1. The topological polar surface area (TPSA) is 104 Å². The van der Waals surface area contributed by atoms with E-state index < -0.39 is 27.7 Å². The van der Waals surface area contributed by atoms with Gasteiger partial charge in [-0.3, -0.25) is 14.3 Å². The van der Waals surface area contributed by atoms with Gasteiger partial charge in [0.25, 0.3) is 15.9 Å². The number of hydrogen-bond acceptors (Lipinski definition) is 4. The third kappa shape index (κ3) is 6.05. The number of halogens is 2. The third-order valence-corrected chi connectivity index (χ3v) is 6.13. The molecule has 0 aliphatic carbocycles. The van der Waals surface area contributed by atoms with Crippen LogP contribution in [0.15, 0.2) is 71.6 Å². The van der Waals surface area contributed by atoms with Gasteiger partial charge in [-0.15, -0.1) is 0 Å². The molecule has 0 saturated heterocycles. The van der Waals surface area contributed by atoms with Crippen LogP contribution in [-0.2, 0) is 14.8 Å². The maximum atomic E-state index is 13.2. The van der Waals surface area contributed by atoms with Gasteiger partial charge in [-0.05, 0) is 67.1 Å². The van der Waals surface area contributed by atoms with E-state index in [1.165, 1.54) is 36.4 Å². The molecule has 0 heterocycles. The van der Waals surface area contributed by atoms with Gasteiger partial charge in [0.05, 0.1) is 11.4 Å². The number of amides is 2. The number of nitrogens with one attached hydrogen (secondary N) is 3. The molecule has 3 aromatic carbocycles. The first-order valence-corrected chi connectivity index (χ1v) is 11.2. The smallest absolute Gasteiger partial charge is 0.262 e. The Morgan fingerprint density at radius 1 is 0.969 bits per heavy atom. The summed E-state index contributed by atoms with van der Waals surface area (Å²) in [7, 11) is -3.93. The molecule has 3 rings (SSSR count). The van der Waals surface area contributed by atoms with Crippen LogP contribution < -0.4 is 15.4 Å². The first kappa shape index (κ1) is 23.2. The van der Waals surface area contributed by atoms with Crippen LogP contribution in [0.25, 0.3) is 0 Å². The first-order valence-electron chi connectivity index (χ1n) is 9.37. The van der Waals surface area contributed by atoms with Crippen LogP contribution >= 0.6 is 11.6 Å². The second kappa shape index (κ2) is 9.80. The Bertz CT molecular complexity index is 1260. The maximum absolute atomic E-state index is 13.2. The van der Waals surface area contributed by atoms with Crippen LogP contribution in [-0.4, -0.2) is 26.8 Å². The molecule has 0 radical (unpaired) electrons. The lowest BCUT2D eigenvalue weighted by atomic mass is 10.2. The fraction of sp³-hybridized carbons (Fsp3) is 0.0909. The van der Waals surface area contributed by atoms with E-state index in [1.807, 2.05) is 0 Å². The normalized spacial score (nSPS) is 11.0. The highest BCUT2D eigenvalue weighted by Gasteiger charge is 2.18. The minimum Gasteiger partial charge on any atom is -0.343 e. The van der Waals surface area contributed by atoms with Crippen LogP contribution in [0.1, 0.15) is 15.9 Å². The van der Waals surface area contributed by atoms with Gasteiger partial charge >= 0.3 is 0 Å². The minimum atomic E-state index is -3.93. The van der Waals surface area contributed by atoms with Gasteiger partial charge < -0.3 is 10.6 Å². The standard InChI is InChI=1S/C22H19ClFN3O4S/c1-14-5-8-19(12-20(14)32(30,31)27-18-9-6-16(23)7-10-18)26-21(28)13-25-22(29)15-3-2-4-17(24)11-15/h2-12,27H,13H2,1H3,(H,25,29)(H,26,28). The Labute approximate surface area is 189 Å². The molecular weight excluding hydrogens is 457 g/mol. The molecule has 0 bridgehead atoms. The fourth-order valence-electron chi connectivity index (χ4n) is 2.79. The molecule has 0 saturated carbocycles. The molecule has 10 heteroatoms. The Kier molecular flexibility index (Phi) is 7.12. The van der Waals surface area contributed by atoms with Crippen LogP contribution in [0.3, 0.4) is 0 Å². The zero-order chi connectivity index (χ0) is 23.3. The summed E-state index contributed by atoms with van der Waals surface area (Å²) >= 11 is 5.82. The fourth-order valence-corrected chi connectivity index (χ4v) is 4.25. The molecule has 0 fully saturated rings. The van der Waals surface area contributed by atoms with Crippen molar-refractivity contribution in [2.45, 2.75) is 11.8 Å². The molecule has 0 aliphatic heterocycles. The molecule has 0 aliphatic rings. The lowest BCUT2D eigenvalue weighted by Gasteiger charge is -2.13. The van der Waals surface area contributed by atoms with E-state index in [9.17, 15) is 22.4 Å². The van der Waals surface area contributed by atoms with Crippen molar-refractivity contribution in [3.8, 4) is 0 Å². The third-order valence-electron chi connectivity index (χ3n) is 4.35. The van der Waals surface area contributed by atoms with E-state index >= 15 is 0 Å². The van der Waals surface area contributed by atoms with Crippen molar-refractivity contribution >= 4 is 44.8 Å². The number of aryl methyl sites for hydroxylation is 1. The van der Waals surface area contributed by atoms with Gasteiger partial charge in [0.2, 0.25) is 5.91 Å². The molecule has 32 heavy (non-hydrogen) atoms. The van der Waals surface area contributed by atoms with Gasteiger partial charge in [0.15, 0.2) is 0 Å². The van der Waals surface area contributed by atoms with E-state index in [2.05, 4.69) is 15.4 Å².